The van der Waals surface area contributed by atoms with Gasteiger partial charge in [-0.25, -0.2) is 0 Å². The van der Waals surface area contributed by atoms with Crippen molar-refractivity contribution >= 4 is 0 Å². The van der Waals surface area contributed by atoms with Gasteiger partial charge in [-0.05, 0) is 70.4 Å². The zero-order chi connectivity index (χ0) is 15.4. The van der Waals surface area contributed by atoms with Crippen LogP contribution in [-0.4, -0.2) is 62.2 Å². The van der Waals surface area contributed by atoms with E-state index in [1.165, 1.54) is 51.7 Å². The van der Waals surface area contributed by atoms with Crippen LogP contribution in [0.5, 0.6) is 0 Å². The number of piperidine rings is 1. The first kappa shape index (κ1) is 16.0. The fourth-order valence-electron chi connectivity index (χ4n) is 3.96. The summed E-state index contributed by atoms with van der Waals surface area (Å²) < 4.78 is 0. The molecule has 1 saturated heterocycles. The second-order valence-corrected chi connectivity index (χ2v) is 7.20. The zero-order valence-electron chi connectivity index (χ0n) is 14.2. The smallest absolute Gasteiger partial charge is 0.0113 e. The molecule has 0 aromatic heterocycles. The summed E-state index contributed by atoms with van der Waals surface area (Å²) in [5.41, 5.74) is 3.12. The van der Waals surface area contributed by atoms with Crippen LogP contribution in [-0.2, 0) is 12.8 Å². The molecular weight excluding hydrogens is 270 g/mol. The van der Waals surface area contributed by atoms with E-state index in [2.05, 4.69) is 53.5 Å². The molecule has 0 saturated carbocycles. The molecule has 2 aliphatic rings. The molecule has 1 heterocycles. The van der Waals surface area contributed by atoms with E-state index in [0.717, 1.165) is 12.6 Å². The zero-order valence-corrected chi connectivity index (χ0v) is 14.2. The third-order valence-corrected chi connectivity index (χ3v) is 5.50. The number of hydrogen-bond donors (Lipinski definition) is 1. The van der Waals surface area contributed by atoms with Crippen molar-refractivity contribution in [3.8, 4) is 0 Å². The Balaban J connectivity index is 1.36. The van der Waals surface area contributed by atoms with Crippen molar-refractivity contribution in [2.75, 3.05) is 40.3 Å². The van der Waals surface area contributed by atoms with Gasteiger partial charge in [0.1, 0.15) is 0 Å². The average Bonchev–Trinajstić information content (AvgIpc) is 2.55. The van der Waals surface area contributed by atoms with Crippen LogP contribution in [0, 0.1) is 0 Å². The minimum atomic E-state index is 0.675. The van der Waals surface area contributed by atoms with E-state index in [1.807, 2.05) is 0 Å². The van der Waals surface area contributed by atoms with E-state index in [9.17, 15) is 0 Å². The molecule has 1 aliphatic carbocycles. The Morgan fingerprint density at radius 3 is 2.55 bits per heavy atom. The number of rotatable bonds is 5. The summed E-state index contributed by atoms with van der Waals surface area (Å²) >= 11 is 0. The molecule has 0 amide bonds. The van der Waals surface area contributed by atoms with Gasteiger partial charge in [0.2, 0.25) is 0 Å². The molecule has 0 spiro atoms. The molecule has 3 nitrogen and oxygen atoms in total. The van der Waals surface area contributed by atoms with Crippen LogP contribution in [0.15, 0.2) is 24.3 Å². The normalized spacial score (nSPS) is 23.7. The fraction of sp³-hybridized carbons (Fsp3) is 0.684. The first-order valence-electron chi connectivity index (χ1n) is 8.91. The Morgan fingerprint density at radius 2 is 1.82 bits per heavy atom. The Hall–Kier alpha value is -0.900. The standard InChI is InChI=1S/C19H31N3/c1-21(2)19-9-12-22(13-10-19)14-11-20-18-8-7-16-5-3-4-6-17(16)15-18/h3-6,18-20H,7-15H2,1-2H3. The molecule has 1 N–H and O–H groups in total. The highest BCUT2D eigenvalue weighted by molar-refractivity contribution is 5.30. The molecule has 3 rings (SSSR count). The Bertz CT molecular complexity index is 464. The summed E-state index contributed by atoms with van der Waals surface area (Å²) in [6, 6.07) is 10.4. The van der Waals surface area contributed by atoms with E-state index >= 15 is 0 Å². The van der Waals surface area contributed by atoms with Gasteiger partial charge in [0, 0.05) is 25.2 Å². The molecule has 1 aliphatic heterocycles. The van der Waals surface area contributed by atoms with Gasteiger partial charge in [0.25, 0.3) is 0 Å². The van der Waals surface area contributed by atoms with Crippen molar-refractivity contribution in [1.82, 2.24) is 15.1 Å². The van der Waals surface area contributed by atoms with Crippen molar-refractivity contribution in [2.45, 2.75) is 44.2 Å². The maximum atomic E-state index is 3.79. The summed E-state index contributed by atoms with van der Waals surface area (Å²) in [6.45, 7) is 4.87. The van der Waals surface area contributed by atoms with Gasteiger partial charge < -0.3 is 15.1 Å². The van der Waals surface area contributed by atoms with Crippen molar-refractivity contribution in [3.05, 3.63) is 35.4 Å². The SMILES string of the molecule is CN(C)C1CCN(CCNC2CCc3ccccc3C2)CC1. The molecule has 1 unspecified atom stereocenters. The summed E-state index contributed by atoms with van der Waals surface area (Å²) in [7, 11) is 4.42. The first-order valence-corrected chi connectivity index (χ1v) is 8.91. The molecule has 1 fully saturated rings. The van der Waals surface area contributed by atoms with Crippen molar-refractivity contribution in [2.24, 2.45) is 0 Å². The molecule has 1 atom stereocenters. The monoisotopic (exact) mass is 301 g/mol. The van der Waals surface area contributed by atoms with Gasteiger partial charge in [-0.2, -0.15) is 0 Å². The maximum absolute atomic E-state index is 3.79. The van der Waals surface area contributed by atoms with Crippen LogP contribution in [0.25, 0.3) is 0 Å². The summed E-state index contributed by atoms with van der Waals surface area (Å²) in [5, 5.41) is 3.79. The number of hydrogen-bond acceptors (Lipinski definition) is 3. The molecular formula is C19H31N3. The molecule has 22 heavy (non-hydrogen) atoms. The number of aryl methyl sites for hydroxylation is 1. The number of nitrogens with one attached hydrogen (secondary N) is 1. The van der Waals surface area contributed by atoms with Gasteiger partial charge in [0.05, 0.1) is 0 Å². The lowest BCUT2D eigenvalue weighted by atomic mass is 9.88. The van der Waals surface area contributed by atoms with Crippen molar-refractivity contribution in [1.29, 1.82) is 0 Å². The minimum absolute atomic E-state index is 0.675. The largest absolute Gasteiger partial charge is 0.312 e. The molecule has 1 aromatic rings. The quantitative estimate of drug-likeness (QED) is 0.899. The number of nitrogens with zero attached hydrogens (tertiary/aromatic N) is 2. The summed E-state index contributed by atoms with van der Waals surface area (Å²) in [4.78, 5) is 5.01. The van der Waals surface area contributed by atoms with Crippen LogP contribution in [0.3, 0.4) is 0 Å². The predicted molar refractivity (Wildman–Crippen MR) is 93.4 cm³/mol. The van der Waals surface area contributed by atoms with Crippen molar-refractivity contribution in [3.63, 3.8) is 0 Å². The van der Waals surface area contributed by atoms with Crippen LogP contribution in [0.4, 0.5) is 0 Å². The molecule has 122 valence electrons. The molecule has 0 radical (unpaired) electrons. The van der Waals surface area contributed by atoms with E-state index in [-0.39, 0.29) is 0 Å². The van der Waals surface area contributed by atoms with Gasteiger partial charge in [-0.15, -0.1) is 0 Å². The third kappa shape index (κ3) is 4.09. The van der Waals surface area contributed by atoms with Gasteiger partial charge in [0.15, 0.2) is 0 Å². The first-order chi connectivity index (χ1) is 10.7. The highest BCUT2D eigenvalue weighted by Crippen LogP contribution is 2.21. The van der Waals surface area contributed by atoms with E-state index in [4.69, 9.17) is 0 Å². The highest BCUT2D eigenvalue weighted by atomic mass is 15.2. The second kappa shape index (κ2) is 7.58. The second-order valence-electron chi connectivity index (χ2n) is 7.20. The van der Waals surface area contributed by atoms with E-state index in [0.29, 0.717) is 6.04 Å². The lowest BCUT2D eigenvalue weighted by Crippen LogP contribution is -2.45. The topological polar surface area (TPSA) is 18.5 Å². The molecule has 0 bridgehead atoms. The fourth-order valence-corrected chi connectivity index (χ4v) is 3.96. The third-order valence-electron chi connectivity index (χ3n) is 5.50. The van der Waals surface area contributed by atoms with Crippen LogP contribution in [0.1, 0.15) is 30.4 Å². The molecule has 1 aromatic carbocycles. The highest BCUT2D eigenvalue weighted by Gasteiger charge is 2.21. The maximum Gasteiger partial charge on any atom is 0.0113 e. The number of fused-ring (bicyclic) bond motifs is 1. The van der Waals surface area contributed by atoms with Crippen molar-refractivity contribution < 1.29 is 0 Å². The predicted octanol–water partition coefficient (Wildman–Crippen LogP) is 2.16. The van der Waals surface area contributed by atoms with E-state index < -0.39 is 0 Å². The van der Waals surface area contributed by atoms with Crippen LogP contribution in [0.2, 0.25) is 0 Å². The lowest BCUT2D eigenvalue weighted by molar-refractivity contribution is 0.144. The van der Waals surface area contributed by atoms with E-state index in [1.54, 1.807) is 11.1 Å². The number of likely N-dealkylation sites (tertiary alicyclic amines) is 1. The summed E-state index contributed by atoms with van der Waals surface area (Å²) in [5.74, 6) is 0. The Morgan fingerprint density at radius 1 is 1.09 bits per heavy atom. The average molecular weight is 301 g/mol. The van der Waals surface area contributed by atoms with Crippen LogP contribution >= 0.6 is 0 Å². The number of benzene rings is 1. The molecule has 3 heteroatoms. The Labute approximate surface area is 135 Å². The summed E-state index contributed by atoms with van der Waals surface area (Å²) in [6.07, 6.45) is 6.38. The lowest BCUT2D eigenvalue weighted by Gasteiger charge is -2.35. The van der Waals surface area contributed by atoms with Gasteiger partial charge in [-0.3, -0.25) is 0 Å². The Kier molecular flexibility index (Phi) is 5.51. The van der Waals surface area contributed by atoms with Crippen LogP contribution < -0.4 is 5.32 Å². The minimum Gasteiger partial charge on any atom is -0.312 e. The van der Waals surface area contributed by atoms with Gasteiger partial charge in [-0.1, -0.05) is 24.3 Å². The van der Waals surface area contributed by atoms with Gasteiger partial charge >= 0.3 is 0 Å².